The number of alkyl carbamates (subject to hydrolysis) is 1. The predicted octanol–water partition coefficient (Wildman–Crippen LogP) is 3.55. The third kappa shape index (κ3) is 3.73. The molecule has 6 heteroatoms. The molecule has 6 nitrogen and oxygen atoms in total. The Morgan fingerprint density at radius 2 is 1.75 bits per heavy atom. The van der Waals surface area contributed by atoms with Crippen LogP contribution in [0.1, 0.15) is 36.3 Å². The van der Waals surface area contributed by atoms with Crippen molar-refractivity contribution in [1.29, 1.82) is 0 Å². The van der Waals surface area contributed by atoms with Crippen LogP contribution in [0.2, 0.25) is 0 Å². The maximum absolute atomic E-state index is 12.3. The van der Waals surface area contributed by atoms with Crippen molar-refractivity contribution in [3.05, 3.63) is 59.7 Å². The molecular formula is C22H23NO5. The van der Waals surface area contributed by atoms with Crippen molar-refractivity contribution in [2.75, 3.05) is 13.2 Å². The van der Waals surface area contributed by atoms with Crippen molar-refractivity contribution in [1.82, 2.24) is 5.32 Å². The Kier molecular flexibility index (Phi) is 5.30. The van der Waals surface area contributed by atoms with Gasteiger partial charge in [0.1, 0.15) is 12.6 Å². The molecule has 2 atom stereocenters. The van der Waals surface area contributed by atoms with Crippen LogP contribution in [0.4, 0.5) is 4.79 Å². The zero-order valence-electron chi connectivity index (χ0n) is 15.5. The van der Waals surface area contributed by atoms with Crippen LogP contribution in [-0.2, 0) is 14.3 Å². The van der Waals surface area contributed by atoms with Gasteiger partial charge < -0.3 is 19.9 Å². The Labute approximate surface area is 163 Å². The molecule has 1 heterocycles. The van der Waals surface area contributed by atoms with E-state index in [1.165, 1.54) is 0 Å². The summed E-state index contributed by atoms with van der Waals surface area (Å²) in [5, 5.41) is 11.9. The van der Waals surface area contributed by atoms with Crippen LogP contribution in [0.5, 0.6) is 0 Å². The smallest absolute Gasteiger partial charge is 0.407 e. The van der Waals surface area contributed by atoms with Crippen molar-refractivity contribution < 1.29 is 24.2 Å². The van der Waals surface area contributed by atoms with E-state index in [1.807, 2.05) is 36.4 Å². The number of rotatable bonds is 6. The molecule has 0 aromatic heterocycles. The number of carboxylic acids is 1. The lowest BCUT2D eigenvalue weighted by atomic mass is 9.98. The number of ether oxygens (including phenoxy) is 2. The van der Waals surface area contributed by atoms with E-state index in [9.17, 15) is 14.7 Å². The second kappa shape index (κ2) is 8.02. The van der Waals surface area contributed by atoms with E-state index in [0.29, 0.717) is 6.61 Å². The number of hydrogen-bond acceptors (Lipinski definition) is 4. The van der Waals surface area contributed by atoms with Crippen molar-refractivity contribution in [3.63, 3.8) is 0 Å². The molecule has 2 aromatic carbocycles. The normalized spacial score (nSPS) is 18.9. The first-order valence-corrected chi connectivity index (χ1v) is 9.59. The van der Waals surface area contributed by atoms with Gasteiger partial charge in [-0.05, 0) is 35.1 Å². The Balaban J connectivity index is 1.41. The summed E-state index contributed by atoms with van der Waals surface area (Å²) in [6.07, 6.45) is 1.14. The van der Waals surface area contributed by atoms with Gasteiger partial charge in [-0.2, -0.15) is 0 Å². The number of carbonyl (C=O) groups is 2. The Morgan fingerprint density at radius 3 is 2.32 bits per heavy atom. The topological polar surface area (TPSA) is 84.9 Å². The van der Waals surface area contributed by atoms with Gasteiger partial charge in [0.25, 0.3) is 0 Å². The molecule has 2 unspecified atom stereocenters. The number of aliphatic carboxylic acids is 1. The Morgan fingerprint density at radius 1 is 1.11 bits per heavy atom. The Bertz CT molecular complexity index is 829. The van der Waals surface area contributed by atoms with E-state index >= 15 is 0 Å². The maximum atomic E-state index is 12.3. The molecule has 2 N–H and O–H groups in total. The SMILES string of the molecule is O=C(NC(CC1CCCO1)C(=O)O)OCC1c2ccccc2-c2ccccc21. The predicted molar refractivity (Wildman–Crippen MR) is 103 cm³/mol. The monoisotopic (exact) mass is 381 g/mol. The molecule has 1 saturated heterocycles. The molecule has 0 spiro atoms. The van der Waals surface area contributed by atoms with Crippen LogP contribution in [0.25, 0.3) is 11.1 Å². The number of hydrogen-bond donors (Lipinski definition) is 2. The number of fused-ring (bicyclic) bond motifs is 3. The maximum Gasteiger partial charge on any atom is 0.407 e. The quantitative estimate of drug-likeness (QED) is 0.799. The molecule has 2 aromatic rings. The highest BCUT2D eigenvalue weighted by Crippen LogP contribution is 2.44. The van der Waals surface area contributed by atoms with E-state index < -0.39 is 18.1 Å². The number of nitrogens with one attached hydrogen (secondary N) is 1. The van der Waals surface area contributed by atoms with Crippen molar-refractivity contribution in [3.8, 4) is 11.1 Å². The molecule has 2 aliphatic rings. The van der Waals surface area contributed by atoms with Crippen molar-refractivity contribution >= 4 is 12.1 Å². The second-order valence-electron chi connectivity index (χ2n) is 7.23. The summed E-state index contributed by atoms with van der Waals surface area (Å²) in [7, 11) is 0. The highest BCUT2D eigenvalue weighted by atomic mass is 16.5. The number of benzene rings is 2. The van der Waals surface area contributed by atoms with E-state index in [1.54, 1.807) is 0 Å². The van der Waals surface area contributed by atoms with Crippen LogP contribution in [0.15, 0.2) is 48.5 Å². The summed E-state index contributed by atoms with van der Waals surface area (Å²) in [6, 6.07) is 15.1. The van der Waals surface area contributed by atoms with Crippen LogP contribution in [-0.4, -0.2) is 42.5 Å². The van der Waals surface area contributed by atoms with E-state index in [2.05, 4.69) is 17.4 Å². The van der Waals surface area contributed by atoms with Crippen LogP contribution < -0.4 is 5.32 Å². The first-order valence-electron chi connectivity index (χ1n) is 9.59. The summed E-state index contributed by atoms with van der Waals surface area (Å²) in [4.78, 5) is 23.8. The largest absolute Gasteiger partial charge is 0.480 e. The molecule has 1 aliphatic heterocycles. The highest BCUT2D eigenvalue weighted by molar-refractivity contribution is 5.81. The minimum Gasteiger partial charge on any atom is -0.480 e. The van der Waals surface area contributed by atoms with Gasteiger partial charge in [-0.3, -0.25) is 0 Å². The van der Waals surface area contributed by atoms with Crippen LogP contribution in [0.3, 0.4) is 0 Å². The highest BCUT2D eigenvalue weighted by Gasteiger charge is 2.30. The fourth-order valence-corrected chi connectivity index (χ4v) is 4.10. The van der Waals surface area contributed by atoms with Gasteiger partial charge in [0, 0.05) is 18.9 Å². The lowest BCUT2D eigenvalue weighted by Crippen LogP contribution is -2.43. The van der Waals surface area contributed by atoms with Gasteiger partial charge in [-0.25, -0.2) is 9.59 Å². The van der Waals surface area contributed by atoms with Gasteiger partial charge in [0.15, 0.2) is 0 Å². The standard InChI is InChI=1S/C22H23NO5/c24-21(25)20(12-14-6-5-11-27-14)23-22(26)28-13-19-17-9-3-1-7-15(17)16-8-2-4-10-18(16)19/h1-4,7-10,14,19-20H,5-6,11-13H2,(H,23,26)(H,24,25). The average molecular weight is 381 g/mol. The van der Waals surface area contributed by atoms with E-state index in [0.717, 1.165) is 35.1 Å². The van der Waals surface area contributed by atoms with Crippen LogP contribution in [0, 0.1) is 0 Å². The number of amides is 1. The molecule has 28 heavy (non-hydrogen) atoms. The zero-order valence-corrected chi connectivity index (χ0v) is 15.5. The molecule has 0 radical (unpaired) electrons. The first kappa shape index (κ1) is 18.5. The molecular weight excluding hydrogens is 358 g/mol. The minimum absolute atomic E-state index is 0.0559. The summed E-state index contributed by atoms with van der Waals surface area (Å²) < 4.78 is 10.9. The number of carbonyl (C=O) groups excluding carboxylic acids is 1. The van der Waals surface area contributed by atoms with Crippen molar-refractivity contribution in [2.45, 2.75) is 37.3 Å². The molecule has 146 valence electrons. The average Bonchev–Trinajstić information content (AvgIpc) is 3.32. The zero-order chi connectivity index (χ0) is 19.5. The molecule has 1 fully saturated rings. The van der Waals surface area contributed by atoms with Crippen LogP contribution >= 0.6 is 0 Å². The summed E-state index contributed by atoms with van der Waals surface area (Å²) in [5.74, 6) is -1.14. The summed E-state index contributed by atoms with van der Waals surface area (Å²) in [6.45, 7) is 0.800. The second-order valence-corrected chi connectivity index (χ2v) is 7.23. The third-order valence-electron chi connectivity index (χ3n) is 5.46. The number of carboxylic acid groups (broad SMARTS) is 1. The molecule has 1 amide bonds. The minimum atomic E-state index is -1.08. The fraction of sp³-hybridized carbons (Fsp3) is 0.364. The van der Waals surface area contributed by atoms with Gasteiger partial charge in [0.05, 0.1) is 6.10 Å². The van der Waals surface area contributed by atoms with Gasteiger partial charge in [-0.1, -0.05) is 48.5 Å². The van der Waals surface area contributed by atoms with Gasteiger partial charge in [-0.15, -0.1) is 0 Å². The fourth-order valence-electron chi connectivity index (χ4n) is 4.10. The lowest BCUT2D eigenvalue weighted by molar-refractivity contribution is -0.140. The molecule has 4 rings (SSSR count). The first-order chi connectivity index (χ1) is 13.6. The van der Waals surface area contributed by atoms with Gasteiger partial charge in [0.2, 0.25) is 0 Å². The third-order valence-corrected chi connectivity index (χ3v) is 5.46. The van der Waals surface area contributed by atoms with Gasteiger partial charge >= 0.3 is 12.1 Å². The molecule has 0 saturated carbocycles. The molecule has 0 bridgehead atoms. The Hall–Kier alpha value is -2.86. The summed E-state index contributed by atoms with van der Waals surface area (Å²) >= 11 is 0. The molecule has 1 aliphatic carbocycles. The van der Waals surface area contributed by atoms with E-state index in [4.69, 9.17) is 9.47 Å². The van der Waals surface area contributed by atoms with E-state index in [-0.39, 0.29) is 25.0 Å². The summed E-state index contributed by atoms with van der Waals surface area (Å²) in [5.41, 5.74) is 4.53. The van der Waals surface area contributed by atoms with Crippen molar-refractivity contribution in [2.24, 2.45) is 0 Å². The lowest BCUT2D eigenvalue weighted by Gasteiger charge is -2.19.